The number of nitrogens with zero attached hydrogens (tertiary/aromatic N) is 1. The second-order valence-corrected chi connectivity index (χ2v) is 8.92. The van der Waals surface area contributed by atoms with E-state index >= 15 is 0 Å². The Morgan fingerprint density at radius 1 is 0.545 bits per heavy atom. The molecule has 0 heterocycles. The Hall–Kier alpha value is 0.610. The van der Waals surface area contributed by atoms with Crippen molar-refractivity contribution >= 4 is 17.8 Å². The second-order valence-electron chi connectivity index (χ2n) is 8.92. The maximum absolute atomic E-state index is 12.4. The third-order valence-corrected chi connectivity index (χ3v) is 5.88. The number of hydrogen-bond acceptors (Lipinski definition) is 3. The van der Waals surface area contributed by atoms with E-state index in [2.05, 4.69) is 13.8 Å². The Morgan fingerprint density at radius 2 is 0.818 bits per heavy atom. The third kappa shape index (κ3) is 25.5. The van der Waals surface area contributed by atoms with Crippen LogP contribution in [0.15, 0.2) is 0 Å². The van der Waals surface area contributed by atoms with E-state index in [-0.39, 0.29) is 86.6 Å². The molecule has 0 fully saturated rings. The van der Waals surface area contributed by atoms with Gasteiger partial charge < -0.3 is 7.96 Å². The summed E-state index contributed by atoms with van der Waals surface area (Å²) in [6, 6.07) is 0. The van der Waals surface area contributed by atoms with Crippen molar-refractivity contribution in [2.45, 2.75) is 142 Å². The van der Waals surface area contributed by atoms with Gasteiger partial charge in [0.15, 0.2) is 0 Å². The summed E-state index contributed by atoms with van der Waals surface area (Å²) in [5, 5.41) is 9.10. The molecule has 186 valence electrons. The molecule has 0 atom stereocenters. The molecular weight excluding hydrogens is 436 g/mol. The SMILES string of the molecule is CCCCCCCCCCCC(=O)N(CC(=O)O)C(=O)CCCCCCCCCCC.[H-].[H-].[Na+].[Na+]. The molecule has 0 aromatic rings. The number of amides is 2. The average Bonchev–Trinajstić information content (AvgIpc) is 2.74. The molecule has 2 amide bonds. The van der Waals surface area contributed by atoms with Crippen molar-refractivity contribution in [2.75, 3.05) is 6.54 Å². The van der Waals surface area contributed by atoms with Crippen LogP contribution in [0.3, 0.4) is 0 Å². The zero-order valence-electron chi connectivity index (χ0n) is 24.5. The van der Waals surface area contributed by atoms with Crippen LogP contribution in [0.2, 0.25) is 0 Å². The maximum Gasteiger partial charge on any atom is 1.00 e. The van der Waals surface area contributed by atoms with Gasteiger partial charge in [0.05, 0.1) is 0 Å². The summed E-state index contributed by atoms with van der Waals surface area (Å²) in [4.78, 5) is 36.9. The summed E-state index contributed by atoms with van der Waals surface area (Å²) < 4.78 is 0. The Bertz CT molecular complexity index is 452. The van der Waals surface area contributed by atoms with Crippen molar-refractivity contribution in [3.05, 3.63) is 0 Å². The summed E-state index contributed by atoms with van der Waals surface area (Å²) in [5.74, 6) is -1.78. The largest absolute Gasteiger partial charge is 1.00 e. The van der Waals surface area contributed by atoms with Gasteiger partial charge in [-0.15, -0.1) is 0 Å². The normalized spacial score (nSPS) is 10.2. The van der Waals surface area contributed by atoms with Crippen LogP contribution in [0.4, 0.5) is 0 Å². The van der Waals surface area contributed by atoms with Crippen molar-refractivity contribution < 1.29 is 81.5 Å². The Kier molecular flexibility index (Phi) is 33.3. The predicted octanol–water partition coefficient (Wildman–Crippen LogP) is 1.50. The first-order valence-electron chi connectivity index (χ1n) is 13.1. The molecule has 0 rings (SSSR count). The van der Waals surface area contributed by atoms with E-state index in [9.17, 15) is 14.4 Å². The van der Waals surface area contributed by atoms with Crippen molar-refractivity contribution in [1.29, 1.82) is 0 Å². The average molecular weight is 488 g/mol. The molecule has 0 aliphatic carbocycles. The van der Waals surface area contributed by atoms with Crippen LogP contribution in [0.1, 0.15) is 145 Å². The molecule has 0 aromatic carbocycles. The number of carbonyl (C=O) groups excluding carboxylic acids is 2. The van der Waals surface area contributed by atoms with Crippen LogP contribution >= 0.6 is 0 Å². The first-order chi connectivity index (χ1) is 15.0. The van der Waals surface area contributed by atoms with Crippen LogP contribution in [-0.2, 0) is 14.4 Å². The molecule has 0 saturated heterocycles. The fraction of sp³-hybridized carbons (Fsp3) is 0.885. The Labute approximate surface area is 251 Å². The fourth-order valence-corrected chi connectivity index (χ4v) is 3.89. The summed E-state index contributed by atoms with van der Waals surface area (Å²) >= 11 is 0. The van der Waals surface area contributed by atoms with Crippen LogP contribution < -0.4 is 59.1 Å². The smallest absolute Gasteiger partial charge is 1.00 e. The quantitative estimate of drug-likeness (QED) is 0.186. The van der Waals surface area contributed by atoms with Crippen LogP contribution in [0, 0.1) is 0 Å². The molecule has 0 aliphatic heterocycles. The number of hydrogen-bond donors (Lipinski definition) is 1. The fourth-order valence-electron chi connectivity index (χ4n) is 3.89. The molecule has 33 heavy (non-hydrogen) atoms. The van der Waals surface area contributed by atoms with Gasteiger partial charge in [0, 0.05) is 12.8 Å². The molecular formula is C26H51NNa2O4. The zero-order chi connectivity index (χ0) is 23.2. The molecule has 0 saturated carbocycles. The Morgan fingerprint density at radius 3 is 1.09 bits per heavy atom. The van der Waals surface area contributed by atoms with Gasteiger partial charge in [-0.05, 0) is 12.8 Å². The molecule has 0 aliphatic rings. The van der Waals surface area contributed by atoms with E-state index in [4.69, 9.17) is 5.11 Å². The van der Waals surface area contributed by atoms with Gasteiger partial charge in [0.1, 0.15) is 6.54 Å². The molecule has 0 aromatic heterocycles. The molecule has 0 unspecified atom stereocenters. The zero-order valence-corrected chi connectivity index (χ0v) is 26.5. The summed E-state index contributed by atoms with van der Waals surface area (Å²) in [6.07, 6.45) is 21.3. The van der Waals surface area contributed by atoms with Crippen molar-refractivity contribution in [3.8, 4) is 0 Å². The van der Waals surface area contributed by atoms with E-state index in [1.807, 2.05) is 0 Å². The molecule has 0 bridgehead atoms. The topological polar surface area (TPSA) is 74.7 Å². The monoisotopic (exact) mass is 487 g/mol. The minimum atomic E-state index is -1.12. The van der Waals surface area contributed by atoms with Crippen LogP contribution in [0.25, 0.3) is 0 Å². The summed E-state index contributed by atoms with van der Waals surface area (Å²) in [6.45, 7) is 3.92. The van der Waals surface area contributed by atoms with Crippen LogP contribution in [0.5, 0.6) is 0 Å². The summed E-state index contributed by atoms with van der Waals surface area (Å²) in [5.41, 5.74) is 0. The number of rotatable bonds is 22. The minimum absolute atomic E-state index is 0. The van der Waals surface area contributed by atoms with Gasteiger partial charge >= 0.3 is 65.1 Å². The van der Waals surface area contributed by atoms with Gasteiger partial charge in [-0.2, -0.15) is 0 Å². The predicted molar refractivity (Wildman–Crippen MR) is 130 cm³/mol. The first kappa shape index (κ1) is 38.1. The van der Waals surface area contributed by atoms with Crippen molar-refractivity contribution in [2.24, 2.45) is 0 Å². The number of carboxylic acids is 1. The Balaban J connectivity index is -0.000000750. The van der Waals surface area contributed by atoms with E-state index in [0.29, 0.717) is 0 Å². The van der Waals surface area contributed by atoms with Gasteiger partial charge in [-0.1, -0.05) is 117 Å². The third-order valence-electron chi connectivity index (χ3n) is 5.88. The number of carboxylic acid groups (broad SMARTS) is 1. The van der Waals surface area contributed by atoms with Gasteiger partial charge in [-0.25, -0.2) is 0 Å². The number of unbranched alkanes of at least 4 members (excludes halogenated alkanes) is 16. The van der Waals surface area contributed by atoms with E-state index in [0.717, 1.165) is 43.4 Å². The van der Waals surface area contributed by atoms with Gasteiger partial charge in [-0.3, -0.25) is 19.3 Å². The molecule has 7 heteroatoms. The maximum atomic E-state index is 12.4. The molecule has 1 N–H and O–H groups in total. The number of imide groups is 1. The number of carbonyl (C=O) groups is 3. The molecule has 5 nitrogen and oxygen atoms in total. The van der Waals surface area contributed by atoms with Crippen LogP contribution in [-0.4, -0.2) is 34.3 Å². The van der Waals surface area contributed by atoms with Gasteiger partial charge in [0.25, 0.3) is 0 Å². The minimum Gasteiger partial charge on any atom is -1.00 e. The summed E-state index contributed by atoms with van der Waals surface area (Å²) in [7, 11) is 0. The second kappa shape index (κ2) is 28.8. The van der Waals surface area contributed by atoms with Gasteiger partial charge in [0.2, 0.25) is 11.8 Å². The van der Waals surface area contributed by atoms with Crippen molar-refractivity contribution in [3.63, 3.8) is 0 Å². The first-order valence-corrected chi connectivity index (χ1v) is 13.1. The standard InChI is InChI=1S/C26H49NO4.2Na.2H/c1-3-5-7-9-11-13-15-17-19-21-24(28)27(23-26(30)31)25(29)22-20-18-16-14-12-10-8-6-4-2;;;;/h3-23H2,1-2H3,(H,30,31);;;;/q;2*+1;2*-1. The van der Waals surface area contributed by atoms with Crippen molar-refractivity contribution in [1.82, 2.24) is 4.90 Å². The van der Waals surface area contributed by atoms with E-state index < -0.39 is 12.5 Å². The molecule has 0 radical (unpaired) electrons. The van der Waals surface area contributed by atoms with E-state index in [1.165, 1.54) is 77.0 Å². The number of aliphatic carboxylic acids is 1. The molecule has 0 spiro atoms. The van der Waals surface area contributed by atoms with E-state index in [1.54, 1.807) is 0 Å².